The van der Waals surface area contributed by atoms with Gasteiger partial charge in [0.25, 0.3) is 0 Å². The molecule has 0 aromatic rings. The van der Waals surface area contributed by atoms with Gasteiger partial charge in [-0.15, -0.1) is 0 Å². The molecule has 0 heterocycles. The third-order valence-corrected chi connectivity index (χ3v) is 2.12. The fourth-order valence-electron chi connectivity index (χ4n) is 1.43. The van der Waals surface area contributed by atoms with Gasteiger partial charge in [-0.3, -0.25) is 9.80 Å². The van der Waals surface area contributed by atoms with Crippen molar-refractivity contribution in [1.29, 1.82) is 0 Å². The summed E-state index contributed by atoms with van der Waals surface area (Å²) in [4.78, 5) is 61.2. The first-order chi connectivity index (χ1) is 11.8. The van der Waals surface area contributed by atoms with Gasteiger partial charge in [0, 0.05) is 39.3 Å². The minimum absolute atomic E-state index is 0. The van der Waals surface area contributed by atoms with Crippen LogP contribution < -0.4 is 82.0 Å². The van der Waals surface area contributed by atoms with Crippen LogP contribution >= 0.6 is 0 Å². The van der Waals surface area contributed by atoms with Crippen LogP contribution in [0, 0.1) is 0 Å². The molecule has 16 heteroatoms. The van der Waals surface area contributed by atoms with Crippen LogP contribution in [0.5, 0.6) is 0 Å². The van der Waals surface area contributed by atoms with Gasteiger partial charge >= 0.3 is 77.6 Å². The number of hydrogen-bond acceptors (Lipinski definition) is 14. The Morgan fingerprint density at radius 1 is 0.429 bits per heavy atom. The molecular formula is C12H12KN2O12Zr-. The van der Waals surface area contributed by atoms with Crippen molar-refractivity contribution in [2.75, 3.05) is 39.3 Å². The van der Waals surface area contributed by atoms with E-state index in [1.165, 1.54) is 0 Å². The Bertz CT molecular complexity index is 435. The van der Waals surface area contributed by atoms with E-state index in [1.807, 2.05) is 0 Å². The second-order valence-corrected chi connectivity index (χ2v) is 4.52. The van der Waals surface area contributed by atoms with Crippen LogP contribution in [0.3, 0.4) is 0 Å². The molecule has 28 heavy (non-hydrogen) atoms. The fourth-order valence-corrected chi connectivity index (χ4v) is 1.43. The number of hydrogen-bond donors (Lipinski definition) is 0. The zero-order valence-corrected chi connectivity index (χ0v) is 20.1. The van der Waals surface area contributed by atoms with Crippen LogP contribution in [-0.2, 0) is 55.0 Å². The van der Waals surface area contributed by atoms with Crippen molar-refractivity contribution in [2.24, 2.45) is 0 Å². The minimum Gasteiger partial charge on any atom is -0.549 e. The predicted octanol–water partition coefficient (Wildman–Crippen LogP) is -13.9. The standard InChI is InChI=1S/2C6H9NO6.K.Zr/c2*8-4(9)1-7(2-5(10)11)3-6(12)13;;/h2*1-3H2,(H,8,9)(H,10,11)(H,12,13);;/q;;+1;+4/p-6. The molecule has 0 rings (SSSR count). The molecule has 0 aromatic heterocycles. The van der Waals surface area contributed by atoms with E-state index in [0.717, 1.165) is 0 Å². The van der Waals surface area contributed by atoms with Crippen LogP contribution in [0.2, 0.25) is 0 Å². The number of nitrogens with zero attached hydrogens (tertiary/aromatic N) is 2. The molecule has 0 spiro atoms. The molecule has 0 amide bonds. The van der Waals surface area contributed by atoms with Crippen molar-refractivity contribution in [3.63, 3.8) is 0 Å². The molecule has 0 aliphatic rings. The molecule has 0 aliphatic heterocycles. The summed E-state index contributed by atoms with van der Waals surface area (Å²) in [5, 5.41) is 60.0. The van der Waals surface area contributed by atoms with Crippen molar-refractivity contribution >= 4 is 35.8 Å². The Labute approximate surface area is 219 Å². The molecule has 148 valence electrons. The van der Waals surface area contributed by atoms with Crippen molar-refractivity contribution in [3.8, 4) is 0 Å². The monoisotopic (exact) mass is 505 g/mol. The quantitative estimate of drug-likeness (QED) is 0.223. The summed E-state index contributed by atoms with van der Waals surface area (Å²) in [7, 11) is 0. The summed E-state index contributed by atoms with van der Waals surface area (Å²) in [5.41, 5.74) is 0. The molecule has 0 saturated heterocycles. The Morgan fingerprint density at radius 2 is 0.536 bits per heavy atom. The van der Waals surface area contributed by atoms with Crippen molar-refractivity contribution in [1.82, 2.24) is 9.80 Å². The van der Waals surface area contributed by atoms with Gasteiger partial charge in [0.2, 0.25) is 0 Å². The van der Waals surface area contributed by atoms with Crippen molar-refractivity contribution < 1.29 is 137 Å². The summed E-state index contributed by atoms with van der Waals surface area (Å²) in [6, 6.07) is 0. The van der Waals surface area contributed by atoms with Gasteiger partial charge in [0.1, 0.15) is 0 Å². The summed E-state index contributed by atoms with van der Waals surface area (Å²) in [5.74, 6) is -9.40. The zero-order valence-electron chi connectivity index (χ0n) is 14.5. The molecule has 0 atom stereocenters. The maximum atomic E-state index is 9.99. The molecule has 0 aliphatic carbocycles. The average Bonchev–Trinajstić information content (AvgIpc) is 2.33. The van der Waals surface area contributed by atoms with E-state index < -0.39 is 75.1 Å². The van der Waals surface area contributed by atoms with Gasteiger partial charge < -0.3 is 59.4 Å². The SMILES string of the molecule is O=C([O-])CN(CC(=O)[O-])CC(=O)[O-].O=C([O-])CN(CC(=O)[O-])CC(=O)[O-].[K+].[Zr+4]. The normalized spacial score (nSPS) is 9.21. The maximum absolute atomic E-state index is 9.99. The fraction of sp³-hybridized carbons (Fsp3) is 0.500. The van der Waals surface area contributed by atoms with Gasteiger partial charge in [-0.1, -0.05) is 0 Å². The summed E-state index contributed by atoms with van der Waals surface area (Å²) >= 11 is 0. The third-order valence-electron chi connectivity index (χ3n) is 2.12. The van der Waals surface area contributed by atoms with Crippen LogP contribution in [-0.4, -0.2) is 84.9 Å². The Balaban J connectivity index is -0.000000192. The summed E-state index contributed by atoms with van der Waals surface area (Å²) < 4.78 is 0. The molecule has 0 bridgehead atoms. The molecule has 0 saturated carbocycles. The first kappa shape index (κ1) is 34.7. The van der Waals surface area contributed by atoms with Gasteiger partial charge in [0.15, 0.2) is 0 Å². The van der Waals surface area contributed by atoms with E-state index in [9.17, 15) is 59.4 Å². The number of rotatable bonds is 12. The first-order valence-corrected chi connectivity index (χ1v) is 6.47. The van der Waals surface area contributed by atoms with Gasteiger partial charge in [-0.05, 0) is 0 Å². The smallest absolute Gasteiger partial charge is 0.549 e. The molecule has 14 nitrogen and oxygen atoms in total. The minimum atomic E-state index is -1.57. The molecule has 0 fully saturated rings. The van der Waals surface area contributed by atoms with E-state index in [1.54, 1.807) is 0 Å². The molecule has 0 unspecified atom stereocenters. The molecule has 0 aromatic carbocycles. The van der Waals surface area contributed by atoms with E-state index in [-0.39, 0.29) is 77.6 Å². The van der Waals surface area contributed by atoms with Crippen LogP contribution in [0.4, 0.5) is 0 Å². The number of aliphatic carboxylic acids is 6. The summed E-state index contributed by atoms with van der Waals surface area (Å²) in [6.45, 7) is -4.74. The number of carboxylic acid groups (broad SMARTS) is 6. The second-order valence-electron chi connectivity index (χ2n) is 4.52. The van der Waals surface area contributed by atoms with E-state index >= 15 is 0 Å². The third kappa shape index (κ3) is 27.5. The largest absolute Gasteiger partial charge is 4.00 e. The van der Waals surface area contributed by atoms with E-state index in [2.05, 4.69) is 0 Å². The second kappa shape index (κ2) is 19.6. The Kier molecular flexibility index (Phi) is 24.3. The average molecular weight is 507 g/mol. The zero-order chi connectivity index (χ0) is 20.9. The Hall–Kier alpha value is -0.741. The van der Waals surface area contributed by atoms with Gasteiger partial charge in [0.05, 0.1) is 35.8 Å². The van der Waals surface area contributed by atoms with Gasteiger partial charge in [-0.25, -0.2) is 0 Å². The van der Waals surface area contributed by atoms with E-state index in [0.29, 0.717) is 9.80 Å². The summed E-state index contributed by atoms with van der Waals surface area (Å²) in [6.07, 6.45) is 0. The maximum Gasteiger partial charge on any atom is 4.00 e. The van der Waals surface area contributed by atoms with Crippen molar-refractivity contribution in [2.45, 2.75) is 0 Å². The van der Waals surface area contributed by atoms with Crippen LogP contribution in [0.15, 0.2) is 0 Å². The van der Waals surface area contributed by atoms with Gasteiger partial charge in [-0.2, -0.15) is 0 Å². The topological polar surface area (TPSA) is 247 Å². The van der Waals surface area contributed by atoms with Crippen LogP contribution in [0.1, 0.15) is 0 Å². The predicted molar refractivity (Wildman–Crippen MR) is 62.9 cm³/mol. The number of carbonyl (C=O) groups is 6. The van der Waals surface area contributed by atoms with Crippen molar-refractivity contribution in [3.05, 3.63) is 0 Å². The number of carbonyl (C=O) groups excluding carboxylic acids is 6. The molecule has 0 radical (unpaired) electrons. The Morgan fingerprint density at radius 3 is 0.607 bits per heavy atom. The molecular weight excluding hydrogens is 494 g/mol. The molecule has 0 N–H and O–H groups in total. The van der Waals surface area contributed by atoms with Crippen LogP contribution in [0.25, 0.3) is 0 Å². The number of carboxylic acids is 6. The first-order valence-electron chi connectivity index (χ1n) is 6.47. The van der Waals surface area contributed by atoms with E-state index in [4.69, 9.17) is 0 Å².